The molecule has 3 aromatic carbocycles. The zero-order chi connectivity index (χ0) is 23.8. The summed E-state index contributed by atoms with van der Waals surface area (Å²) in [7, 11) is 3.23. The van der Waals surface area contributed by atoms with Crippen molar-refractivity contribution >= 4 is 22.4 Å². The van der Waals surface area contributed by atoms with Crippen LogP contribution in [0.1, 0.15) is 30.5 Å². The van der Waals surface area contributed by atoms with Gasteiger partial charge in [0.15, 0.2) is 11.5 Å². The van der Waals surface area contributed by atoms with E-state index >= 15 is 0 Å². The van der Waals surface area contributed by atoms with E-state index in [0.717, 1.165) is 36.2 Å². The highest BCUT2D eigenvalue weighted by molar-refractivity contribution is 5.93. The lowest BCUT2D eigenvalue weighted by molar-refractivity contribution is 0.356. The van der Waals surface area contributed by atoms with E-state index in [2.05, 4.69) is 81.4 Å². The summed E-state index contributed by atoms with van der Waals surface area (Å²) in [6.07, 6.45) is 2.65. The van der Waals surface area contributed by atoms with Crippen molar-refractivity contribution in [2.24, 2.45) is 0 Å². The van der Waals surface area contributed by atoms with Gasteiger partial charge in [0.1, 0.15) is 12.1 Å². The van der Waals surface area contributed by atoms with Gasteiger partial charge in [-0.2, -0.15) is 0 Å². The summed E-state index contributed by atoms with van der Waals surface area (Å²) in [4.78, 5) is 8.84. The fourth-order valence-corrected chi connectivity index (χ4v) is 3.89. The van der Waals surface area contributed by atoms with Gasteiger partial charge >= 0.3 is 0 Å². The van der Waals surface area contributed by atoms with Crippen molar-refractivity contribution in [3.05, 3.63) is 84.2 Å². The first-order valence-corrected chi connectivity index (χ1v) is 11.5. The van der Waals surface area contributed by atoms with Gasteiger partial charge in [0.05, 0.1) is 25.8 Å². The summed E-state index contributed by atoms with van der Waals surface area (Å²) in [6.45, 7) is 3.90. The number of nitrogens with zero attached hydrogens (tertiary/aromatic N) is 2. The number of ether oxygens (including phenoxy) is 2. The van der Waals surface area contributed by atoms with Crippen molar-refractivity contribution < 1.29 is 9.47 Å². The zero-order valence-electron chi connectivity index (χ0n) is 19.8. The molecule has 7 nitrogen and oxygen atoms in total. The first kappa shape index (κ1) is 23.5. The van der Waals surface area contributed by atoms with E-state index in [9.17, 15) is 0 Å². The molecule has 7 heteroatoms. The Hall–Kier alpha value is -3.68. The molecule has 0 bridgehead atoms. The van der Waals surface area contributed by atoms with Gasteiger partial charge in [-0.05, 0) is 42.3 Å². The normalized spacial score (nSPS) is 11.9. The molecule has 1 aromatic heterocycles. The maximum Gasteiger partial charge on any atom is 0.162 e. The van der Waals surface area contributed by atoms with Crippen LogP contribution in [0.2, 0.25) is 0 Å². The summed E-state index contributed by atoms with van der Waals surface area (Å²) < 4.78 is 10.9. The number of benzene rings is 3. The minimum atomic E-state index is 0.0937. The van der Waals surface area contributed by atoms with Gasteiger partial charge in [0.2, 0.25) is 0 Å². The van der Waals surface area contributed by atoms with E-state index in [-0.39, 0.29) is 6.04 Å². The lowest BCUT2D eigenvalue weighted by Gasteiger charge is -2.21. The van der Waals surface area contributed by atoms with Crippen LogP contribution < -0.4 is 25.4 Å². The summed E-state index contributed by atoms with van der Waals surface area (Å²) >= 11 is 0. The SMILES string of the molecule is CCCNCNC(c1ccccc1)c1ccc(Nc2ncnc3cc(OC)c(OC)cc23)cc1. The molecule has 3 N–H and O–H groups in total. The van der Waals surface area contributed by atoms with Gasteiger partial charge < -0.3 is 20.1 Å². The van der Waals surface area contributed by atoms with Crippen LogP contribution in [0, 0.1) is 0 Å². The summed E-state index contributed by atoms with van der Waals surface area (Å²) in [5.74, 6) is 1.98. The molecule has 0 spiro atoms. The first-order chi connectivity index (χ1) is 16.7. The third-order valence-electron chi connectivity index (χ3n) is 5.64. The number of nitrogens with one attached hydrogen (secondary N) is 3. The smallest absolute Gasteiger partial charge is 0.162 e. The van der Waals surface area contributed by atoms with Crippen LogP contribution in [-0.4, -0.2) is 37.4 Å². The molecular formula is C27H31N5O2. The molecule has 1 unspecified atom stereocenters. The Balaban J connectivity index is 1.57. The third-order valence-corrected chi connectivity index (χ3v) is 5.64. The van der Waals surface area contributed by atoms with Crippen LogP contribution in [0.5, 0.6) is 11.5 Å². The van der Waals surface area contributed by atoms with Gasteiger partial charge in [-0.1, -0.05) is 49.4 Å². The summed E-state index contributed by atoms with van der Waals surface area (Å²) in [5, 5.41) is 11.3. The topological polar surface area (TPSA) is 80.3 Å². The molecule has 0 saturated carbocycles. The lowest BCUT2D eigenvalue weighted by atomic mass is 9.98. The molecule has 0 radical (unpaired) electrons. The molecule has 4 aromatic rings. The molecule has 34 heavy (non-hydrogen) atoms. The van der Waals surface area contributed by atoms with Gasteiger partial charge in [-0.15, -0.1) is 0 Å². The van der Waals surface area contributed by atoms with Gasteiger partial charge in [0.25, 0.3) is 0 Å². The van der Waals surface area contributed by atoms with E-state index < -0.39 is 0 Å². The zero-order valence-corrected chi connectivity index (χ0v) is 19.8. The average molecular weight is 458 g/mol. The van der Waals surface area contributed by atoms with Crippen LogP contribution in [0.25, 0.3) is 10.9 Å². The van der Waals surface area contributed by atoms with E-state index in [1.54, 1.807) is 20.5 Å². The highest BCUT2D eigenvalue weighted by Crippen LogP contribution is 2.34. The number of methoxy groups -OCH3 is 2. The monoisotopic (exact) mass is 457 g/mol. The maximum atomic E-state index is 5.46. The molecule has 176 valence electrons. The molecular weight excluding hydrogens is 426 g/mol. The van der Waals surface area contributed by atoms with Crippen LogP contribution >= 0.6 is 0 Å². The molecule has 1 heterocycles. The van der Waals surface area contributed by atoms with E-state index in [0.29, 0.717) is 17.3 Å². The number of anilines is 2. The number of hydrogen-bond donors (Lipinski definition) is 3. The van der Waals surface area contributed by atoms with Crippen molar-refractivity contribution in [2.75, 3.05) is 32.7 Å². The summed E-state index contributed by atoms with van der Waals surface area (Å²) in [5.41, 5.74) is 4.13. The summed E-state index contributed by atoms with van der Waals surface area (Å²) in [6, 6.07) is 22.7. The Labute approximate surface area is 200 Å². The molecule has 0 aliphatic heterocycles. The lowest BCUT2D eigenvalue weighted by Crippen LogP contribution is -2.33. The third kappa shape index (κ3) is 5.44. The van der Waals surface area contributed by atoms with Gasteiger partial charge in [0, 0.05) is 23.8 Å². The quantitative estimate of drug-likeness (QED) is 0.215. The average Bonchev–Trinajstić information content (AvgIpc) is 2.89. The molecule has 0 fully saturated rings. The Morgan fingerprint density at radius 3 is 2.26 bits per heavy atom. The Bertz CT molecular complexity index is 1200. The molecule has 0 amide bonds. The highest BCUT2D eigenvalue weighted by Gasteiger charge is 2.14. The van der Waals surface area contributed by atoms with Crippen molar-refractivity contribution in [1.82, 2.24) is 20.6 Å². The van der Waals surface area contributed by atoms with E-state index in [4.69, 9.17) is 9.47 Å². The van der Waals surface area contributed by atoms with Crippen molar-refractivity contribution in [3.63, 3.8) is 0 Å². The second kappa shape index (κ2) is 11.4. The molecule has 1 atom stereocenters. The van der Waals surface area contributed by atoms with Crippen LogP contribution in [0.4, 0.5) is 11.5 Å². The number of rotatable bonds is 11. The van der Waals surface area contributed by atoms with Gasteiger partial charge in [-0.25, -0.2) is 9.97 Å². The minimum Gasteiger partial charge on any atom is -0.493 e. The highest BCUT2D eigenvalue weighted by atomic mass is 16.5. The Morgan fingerprint density at radius 2 is 1.56 bits per heavy atom. The fraction of sp³-hybridized carbons (Fsp3) is 0.259. The number of hydrogen-bond acceptors (Lipinski definition) is 7. The fourth-order valence-electron chi connectivity index (χ4n) is 3.89. The maximum absolute atomic E-state index is 5.46. The largest absolute Gasteiger partial charge is 0.493 e. The van der Waals surface area contributed by atoms with E-state index in [1.807, 2.05) is 18.2 Å². The number of aromatic nitrogens is 2. The van der Waals surface area contributed by atoms with Crippen molar-refractivity contribution in [2.45, 2.75) is 19.4 Å². The minimum absolute atomic E-state index is 0.0937. The van der Waals surface area contributed by atoms with Crippen LogP contribution in [-0.2, 0) is 0 Å². The predicted octanol–water partition coefficient (Wildman–Crippen LogP) is 5.03. The number of fused-ring (bicyclic) bond motifs is 1. The van der Waals surface area contributed by atoms with E-state index in [1.165, 1.54) is 11.1 Å². The molecule has 0 aliphatic rings. The molecule has 0 saturated heterocycles. The second-order valence-electron chi connectivity index (χ2n) is 7.92. The Kier molecular flexibility index (Phi) is 7.91. The Morgan fingerprint density at radius 1 is 0.853 bits per heavy atom. The van der Waals surface area contributed by atoms with Crippen molar-refractivity contribution in [1.29, 1.82) is 0 Å². The molecule has 0 aliphatic carbocycles. The van der Waals surface area contributed by atoms with Gasteiger partial charge in [-0.3, -0.25) is 5.32 Å². The first-order valence-electron chi connectivity index (χ1n) is 11.5. The predicted molar refractivity (Wildman–Crippen MR) is 137 cm³/mol. The van der Waals surface area contributed by atoms with Crippen molar-refractivity contribution in [3.8, 4) is 11.5 Å². The van der Waals surface area contributed by atoms with Crippen LogP contribution in [0.3, 0.4) is 0 Å². The van der Waals surface area contributed by atoms with Crippen LogP contribution in [0.15, 0.2) is 73.1 Å². The standard InChI is InChI=1S/C27H31N5O2/c1-4-14-28-17-30-26(19-8-6-5-7-9-19)20-10-12-21(13-11-20)32-27-22-15-24(33-2)25(34-3)16-23(22)29-18-31-27/h5-13,15-16,18,26,28,30H,4,14,17H2,1-3H3,(H,29,31,32). The molecule has 4 rings (SSSR count). The second-order valence-corrected chi connectivity index (χ2v) is 7.92.